The van der Waals surface area contributed by atoms with Crippen molar-refractivity contribution in [2.24, 2.45) is 10.9 Å². The molecule has 1 aromatic rings. The van der Waals surface area contributed by atoms with E-state index in [2.05, 4.69) is 46.2 Å². The first-order valence-electron chi connectivity index (χ1n) is 10.1. The summed E-state index contributed by atoms with van der Waals surface area (Å²) in [7, 11) is 0. The van der Waals surface area contributed by atoms with Gasteiger partial charge in [0.15, 0.2) is 5.96 Å². The molecule has 2 heterocycles. The van der Waals surface area contributed by atoms with Crippen molar-refractivity contribution >= 4 is 53.0 Å². The molecule has 154 valence electrons. The second kappa shape index (κ2) is 12.5. The highest BCUT2D eigenvalue weighted by Gasteiger charge is 2.25. The van der Waals surface area contributed by atoms with Crippen LogP contribution in [0.2, 0.25) is 0 Å². The lowest BCUT2D eigenvalue weighted by Gasteiger charge is -2.31. The second-order valence-electron chi connectivity index (χ2n) is 7.53. The van der Waals surface area contributed by atoms with Crippen LogP contribution in [0.25, 0.3) is 0 Å². The number of thiophene rings is 1. The molecule has 7 heteroatoms. The molecular weight excluding hydrogens is 487 g/mol. The molecule has 0 radical (unpaired) electrons. The van der Waals surface area contributed by atoms with Crippen LogP contribution in [0, 0.1) is 5.92 Å². The third-order valence-electron chi connectivity index (χ3n) is 5.58. The van der Waals surface area contributed by atoms with Gasteiger partial charge in [-0.05, 0) is 75.7 Å². The summed E-state index contributed by atoms with van der Waals surface area (Å²) >= 11 is 3.88. The SMILES string of the molecule is CCNC(=NCC1CCN(Cc2cccs2)CC1)NC1CCC(SC)C1.I. The van der Waals surface area contributed by atoms with E-state index in [-0.39, 0.29) is 24.0 Å². The van der Waals surface area contributed by atoms with Crippen LogP contribution in [0.1, 0.15) is 43.9 Å². The normalized spacial score (nSPS) is 24.6. The van der Waals surface area contributed by atoms with Gasteiger partial charge < -0.3 is 10.6 Å². The summed E-state index contributed by atoms with van der Waals surface area (Å²) in [4.78, 5) is 9.00. The van der Waals surface area contributed by atoms with Crippen LogP contribution >= 0.6 is 47.1 Å². The summed E-state index contributed by atoms with van der Waals surface area (Å²) < 4.78 is 0. The fourth-order valence-corrected chi connectivity index (χ4v) is 5.51. The van der Waals surface area contributed by atoms with Gasteiger partial charge in [0.05, 0.1) is 0 Å². The van der Waals surface area contributed by atoms with Crippen LogP contribution < -0.4 is 10.6 Å². The summed E-state index contributed by atoms with van der Waals surface area (Å²) in [5.74, 6) is 1.76. The topological polar surface area (TPSA) is 39.7 Å². The van der Waals surface area contributed by atoms with E-state index in [4.69, 9.17) is 4.99 Å². The molecule has 1 aliphatic heterocycles. The Morgan fingerprint density at radius 2 is 2.11 bits per heavy atom. The minimum absolute atomic E-state index is 0. The third kappa shape index (κ3) is 7.74. The number of hydrogen-bond acceptors (Lipinski definition) is 4. The highest BCUT2D eigenvalue weighted by molar-refractivity contribution is 14.0. The van der Waals surface area contributed by atoms with Gasteiger partial charge in [0.25, 0.3) is 0 Å². The number of aliphatic imine (C=N–C) groups is 1. The van der Waals surface area contributed by atoms with Gasteiger partial charge in [-0.2, -0.15) is 11.8 Å². The molecule has 3 rings (SSSR count). The Hall–Kier alpha value is 0.01000. The molecule has 2 unspecified atom stereocenters. The molecule has 2 N–H and O–H groups in total. The fraction of sp³-hybridized carbons (Fsp3) is 0.750. The molecule has 2 aliphatic rings. The van der Waals surface area contributed by atoms with Crippen molar-refractivity contribution in [2.75, 3.05) is 32.4 Å². The summed E-state index contributed by atoms with van der Waals surface area (Å²) in [6.07, 6.45) is 8.65. The van der Waals surface area contributed by atoms with E-state index < -0.39 is 0 Å². The van der Waals surface area contributed by atoms with E-state index in [9.17, 15) is 0 Å². The van der Waals surface area contributed by atoms with Gasteiger partial charge in [-0.1, -0.05) is 6.07 Å². The Balaban J connectivity index is 0.00000261. The molecule has 1 aromatic heterocycles. The standard InChI is InChI=1S/C20H34N4S2.HI/c1-3-21-20(23-17-6-7-18(13-17)25-2)22-14-16-8-10-24(11-9-16)15-19-5-4-12-26-19;/h4-5,12,16-18H,3,6-11,13-15H2,1-2H3,(H2,21,22,23);1H. The lowest BCUT2D eigenvalue weighted by molar-refractivity contribution is 0.182. The van der Waals surface area contributed by atoms with Gasteiger partial charge in [-0.25, -0.2) is 0 Å². The number of nitrogens with one attached hydrogen (secondary N) is 2. The lowest BCUT2D eigenvalue weighted by atomic mass is 9.97. The minimum Gasteiger partial charge on any atom is -0.357 e. The van der Waals surface area contributed by atoms with E-state index >= 15 is 0 Å². The zero-order chi connectivity index (χ0) is 18.2. The van der Waals surface area contributed by atoms with Crippen molar-refractivity contribution in [2.45, 2.75) is 56.9 Å². The van der Waals surface area contributed by atoms with Crippen LogP contribution in [0.4, 0.5) is 0 Å². The van der Waals surface area contributed by atoms with Crippen molar-refractivity contribution in [1.29, 1.82) is 0 Å². The smallest absolute Gasteiger partial charge is 0.191 e. The number of hydrogen-bond donors (Lipinski definition) is 2. The highest BCUT2D eigenvalue weighted by atomic mass is 127. The second-order valence-corrected chi connectivity index (χ2v) is 9.70. The summed E-state index contributed by atoms with van der Waals surface area (Å²) in [5, 5.41) is 10.1. The number of rotatable bonds is 7. The molecule has 1 saturated carbocycles. The van der Waals surface area contributed by atoms with E-state index in [1.54, 1.807) is 0 Å². The van der Waals surface area contributed by atoms with Crippen LogP contribution in [-0.4, -0.2) is 54.6 Å². The van der Waals surface area contributed by atoms with Crippen LogP contribution in [0.3, 0.4) is 0 Å². The van der Waals surface area contributed by atoms with E-state index in [1.807, 2.05) is 23.1 Å². The Morgan fingerprint density at radius 1 is 1.30 bits per heavy atom. The molecule has 0 aromatic carbocycles. The first kappa shape index (κ1) is 23.3. The molecule has 2 atom stereocenters. The minimum atomic E-state index is 0. The number of likely N-dealkylation sites (tertiary alicyclic amines) is 1. The predicted molar refractivity (Wildman–Crippen MR) is 132 cm³/mol. The molecule has 0 amide bonds. The lowest BCUT2D eigenvalue weighted by Crippen LogP contribution is -2.43. The van der Waals surface area contributed by atoms with E-state index in [0.29, 0.717) is 6.04 Å². The molecule has 27 heavy (non-hydrogen) atoms. The number of halogens is 1. The summed E-state index contributed by atoms with van der Waals surface area (Å²) in [5.41, 5.74) is 0. The third-order valence-corrected chi connectivity index (χ3v) is 7.53. The van der Waals surface area contributed by atoms with Crippen LogP contribution in [-0.2, 0) is 6.54 Å². The van der Waals surface area contributed by atoms with Gasteiger partial charge in [0.2, 0.25) is 0 Å². The summed E-state index contributed by atoms with van der Waals surface area (Å²) in [6, 6.07) is 5.00. The van der Waals surface area contributed by atoms with Crippen molar-refractivity contribution in [3.05, 3.63) is 22.4 Å². The van der Waals surface area contributed by atoms with Gasteiger partial charge in [-0.3, -0.25) is 9.89 Å². The maximum atomic E-state index is 4.92. The van der Waals surface area contributed by atoms with E-state index in [1.165, 1.54) is 50.1 Å². The Kier molecular flexibility index (Phi) is 10.8. The van der Waals surface area contributed by atoms with Crippen molar-refractivity contribution < 1.29 is 0 Å². The van der Waals surface area contributed by atoms with Crippen molar-refractivity contribution in [1.82, 2.24) is 15.5 Å². The highest BCUT2D eigenvalue weighted by Crippen LogP contribution is 2.28. The molecular formula is C20H35IN4S2. The molecule has 0 spiro atoms. The molecule has 1 saturated heterocycles. The first-order valence-corrected chi connectivity index (χ1v) is 12.3. The van der Waals surface area contributed by atoms with Gasteiger partial charge in [0.1, 0.15) is 0 Å². The van der Waals surface area contributed by atoms with E-state index in [0.717, 1.165) is 36.8 Å². The van der Waals surface area contributed by atoms with Crippen molar-refractivity contribution in [3.63, 3.8) is 0 Å². The van der Waals surface area contributed by atoms with Gasteiger partial charge in [0, 0.05) is 35.8 Å². The number of thioether (sulfide) groups is 1. The number of piperidine rings is 1. The predicted octanol–water partition coefficient (Wildman–Crippen LogP) is 4.42. The quantitative estimate of drug-likeness (QED) is 0.316. The summed E-state index contributed by atoms with van der Waals surface area (Å²) in [6.45, 7) is 7.58. The maximum absolute atomic E-state index is 4.92. The fourth-order valence-electron chi connectivity index (χ4n) is 3.97. The molecule has 2 fully saturated rings. The largest absolute Gasteiger partial charge is 0.357 e. The maximum Gasteiger partial charge on any atom is 0.191 e. The zero-order valence-electron chi connectivity index (χ0n) is 16.7. The van der Waals surface area contributed by atoms with Crippen molar-refractivity contribution in [3.8, 4) is 0 Å². The monoisotopic (exact) mass is 522 g/mol. The average molecular weight is 523 g/mol. The molecule has 4 nitrogen and oxygen atoms in total. The number of nitrogens with zero attached hydrogens (tertiary/aromatic N) is 2. The van der Waals surface area contributed by atoms with Gasteiger partial charge in [-0.15, -0.1) is 35.3 Å². The Labute approximate surface area is 190 Å². The van der Waals surface area contributed by atoms with Gasteiger partial charge >= 0.3 is 0 Å². The zero-order valence-corrected chi connectivity index (χ0v) is 20.6. The average Bonchev–Trinajstić information content (AvgIpc) is 3.33. The Bertz CT molecular complexity index is 544. The van der Waals surface area contributed by atoms with Crippen LogP contribution in [0.15, 0.2) is 22.5 Å². The van der Waals surface area contributed by atoms with Crippen LogP contribution in [0.5, 0.6) is 0 Å². The molecule has 0 bridgehead atoms. The Morgan fingerprint density at radius 3 is 2.74 bits per heavy atom. The number of guanidine groups is 1. The first-order chi connectivity index (χ1) is 12.8. The molecule has 1 aliphatic carbocycles.